The molecule has 0 aliphatic heterocycles. The number of carbonyl (C=O) groups is 3. The molecule has 18 heavy (non-hydrogen) atoms. The standard InChI is InChI=1S/C10H20N4O4/c1-2-3-7(14-12)10(18)13-6(9(11)17)4-5-8(15)16/h6-7,14H,2-5,12H2,1H3,(H2,11,17)(H,13,18)(H,15,16). The molecule has 0 heterocycles. The molecule has 0 saturated heterocycles. The largest absolute Gasteiger partial charge is 0.481 e. The lowest BCUT2D eigenvalue weighted by molar-refractivity contribution is -0.137. The van der Waals surface area contributed by atoms with Gasteiger partial charge in [-0.05, 0) is 12.8 Å². The molecule has 0 fully saturated rings. The fraction of sp³-hybridized carbons (Fsp3) is 0.700. The van der Waals surface area contributed by atoms with Crippen LogP contribution in [0.25, 0.3) is 0 Å². The third kappa shape index (κ3) is 6.16. The van der Waals surface area contributed by atoms with Gasteiger partial charge in [0.05, 0.1) is 6.04 Å². The van der Waals surface area contributed by atoms with Crippen LogP contribution in [0.5, 0.6) is 0 Å². The lowest BCUT2D eigenvalue weighted by Crippen LogP contribution is -2.53. The van der Waals surface area contributed by atoms with E-state index in [1.54, 1.807) is 0 Å². The van der Waals surface area contributed by atoms with E-state index in [0.717, 1.165) is 6.42 Å². The van der Waals surface area contributed by atoms with Gasteiger partial charge in [0.2, 0.25) is 11.8 Å². The van der Waals surface area contributed by atoms with Gasteiger partial charge in [-0.25, -0.2) is 5.43 Å². The SMILES string of the molecule is CCCC(NN)C(=O)NC(CCC(=O)O)C(N)=O. The topological polar surface area (TPSA) is 148 Å². The number of hydrogen-bond donors (Lipinski definition) is 5. The fourth-order valence-electron chi connectivity index (χ4n) is 1.40. The molecular weight excluding hydrogens is 240 g/mol. The molecule has 0 radical (unpaired) electrons. The van der Waals surface area contributed by atoms with Gasteiger partial charge in [-0.3, -0.25) is 20.2 Å². The quantitative estimate of drug-likeness (QED) is 0.250. The Morgan fingerprint density at radius 3 is 2.22 bits per heavy atom. The molecule has 2 unspecified atom stereocenters. The predicted octanol–water partition coefficient (Wildman–Crippen LogP) is -1.55. The minimum Gasteiger partial charge on any atom is -0.481 e. The van der Waals surface area contributed by atoms with Crippen LogP contribution in [0, 0.1) is 0 Å². The molecule has 0 saturated carbocycles. The first-order valence-electron chi connectivity index (χ1n) is 5.70. The molecule has 2 atom stereocenters. The van der Waals surface area contributed by atoms with Crippen molar-refractivity contribution in [3.63, 3.8) is 0 Å². The van der Waals surface area contributed by atoms with Gasteiger partial charge >= 0.3 is 5.97 Å². The number of hydrazine groups is 1. The average molecular weight is 260 g/mol. The summed E-state index contributed by atoms with van der Waals surface area (Å²) in [6.07, 6.45) is 0.952. The Bertz CT molecular complexity index is 308. The molecule has 0 aliphatic carbocycles. The number of carboxylic acids is 1. The van der Waals surface area contributed by atoms with Gasteiger partial charge in [-0.15, -0.1) is 0 Å². The number of amides is 2. The van der Waals surface area contributed by atoms with Crippen molar-refractivity contribution in [2.24, 2.45) is 11.6 Å². The summed E-state index contributed by atoms with van der Waals surface area (Å²) in [5.74, 6) is 2.92. The molecule has 0 rings (SSSR count). The Morgan fingerprint density at radius 2 is 1.83 bits per heavy atom. The number of primary amides is 1. The van der Waals surface area contributed by atoms with Gasteiger partial charge in [0.25, 0.3) is 0 Å². The van der Waals surface area contributed by atoms with Crippen molar-refractivity contribution in [3.05, 3.63) is 0 Å². The summed E-state index contributed by atoms with van der Waals surface area (Å²) in [6.45, 7) is 1.88. The Balaban J connectivity index is 4.42. The van der Waals surface area contributed by atoms with E-state index in [9.17, 15) is 14.4 Å². The Hall–Kier alpha value is -1.67. The molecule has 8 nitrogen and oxygen atoms in total. The van der Waals surface area contributed by atoms with Crippen molar-refractivity contribution in [1.82, 2.24) is 10.7 Å². The van der Waals surface area contributed by atoms with Crippen LogP contribution in [0.3, 0.4) is 0 Å². The third-order valence-electron chi connectivity index (χ3n) is 2.40. The van der Waals surface area contributed by atoms with Crippen LogP contribution >= 0.6 is 0 Å². The zero-order chi connectivity index (χ0) is 14.1. The van der Waals surface area contributed by atoms with Gasteiger partial charge in [-0.2, -0.15) is 0 Å². The van der Waals surface area contributed by atoms with Crippen LogP contribution < -0.4 is 22.3 Å². The maximum Gasteiger partial charge on any atom is 0.303 e. The third-order valence-corrected chi connectivity index (χ3v) is 2.40. The van der Waals surface area contributed by atoms with Gasteiger partial charge in [0, 0.05) is 6.42 Å². The van der Waals surface area contributed by atoms with Gasteiger partial charge in [0.15, 0.2) is 0 Å². The highest BCUT2D eigenvalue weighted by Gasteiger charge is 2.23. The first-order chi connectivity index (χ1) is 8.42. The van der Waals surface area contributed by atoms with Gasteiger partial charge < -0.3 is 16.2 Å². The molecule has 0 spiro atoms. The van der Waals surface area contributed by atoms with Crippen molar-refractivity contribution >= 4 is 17.8 Å². The number of nitrogens with two attached hydrogens (primary N) is 2. The molecule has 0 aromatic carbocycles. The van der Waals surface area contributed by atoms with Crippen molar-refractivity contribution in [1.29, 1.82) is 0 Å². The van der Waals surface area contributed by atoms with Crippen LogP contribution in [0.4, 0.5) is 0 Å². The normalized spacial score (nSPS) is 13.7. The predicted molar refractivity (Wildman–Crippen MR) is 64.0 cm³/mol. The number of carbonyl (C=O) groups excluding carboxylic acids is 2. The number of nitrogens with one attached hydrogen (secondary N) is 2. The van der Waals surface area contributed by atoms with Crippen LogP contribution in [0.2, 0.25) is 0 Å². The summed E-state index contributed by atoms with van der Waals surface area (Å²) in [5, 5.41) is 10.9. The number of carboxylic acid groups (broad SMARTS) is 1. The highest BCUT2D eigenvalue weighted by molar-refractivity contribution is 5.89. The van der Waals surface area contributed by atoms with E-state index in [2.05, 4.69) is 10.7 Å². The number of rotatable bonds is 9. The molecule has 0 bridgehead atoms. The second-order valence-electron chi connectivity index (χ2n) is 3.90. The molecule has 104 valence electrons. The lowest BCUT2D eigenvalue weighted by Gasteiger charge is -2.19. The van der Waals surface area contributed by atoms with Crippen LogP contribution in [-0.4, -0.2) is 35.0 Å². The zero-order valence-corrected chi connectivity index (χ0v) is 10.3. The number of hydrogen-bond acceptors (Lipinski definition) is 5. The van der Waals surface area contributed by atoms with Crippen molar-refractivity contribution in [3.8, 4) is 0 Å². The summed E-state index contributed by atoms with van der Waals surface area (Å²) in [7, 11) is 0. The summed E-state index contributed by atoms with van der Waals surface area (Å²) >= 11 is 0. The summed E-state index contributed by atoms with van der Waals surface area (Å²) in [5.41, 5.74) is 7.42. The van der Waals surface area contributed by atoms with Crippen molar-refractivity contribution in [2.75, 3.05) is 0 Å². The second kappa shape index (κ2) is 8.43. The maximum absolute atomic E-state index is 11.7. The van der Waals surface area contributed by atoms with Crippen LogP contribution in [0.1, 0.15) is 32.6 Å². The first kappa shape index (κ1) is 16.3. The lowest BCUT2D eigenvalue weighted by atomic mass is 10.1. The minimum atomic E-state index is -1.06. The summed E-state index contributed by atoms with van der Waals surface area (Å²) < 4.78 is 0. The smallest absolute Gasteiger partial charge is 0.303 e. The number of aliphatic carboxylic acids is 1. The Labute approximate surface area is 105 Å². The van der Waals surface area contributed by atoms with E-state index in [1.165, 1.54) is 0 Å². The van der Waals surface area contributed by atoms with Crippen LogP contribution in [0.15, 0.2) is 0 Å². The molecule has 0 aromatic rings. The minimum absolute atomic E-state index is 0.0418. The van der Waals surface area contributed by atoms with E-state index in [4.69, 9.17) is 16.7 Å². The van der Waals surface area contributed by atoms with E-state index in [0.29, 0.717) is 6.42 Å². The van der Waals surface area contributed by atoms with E-state index < -0.39 is 29.9 Å². The van der Waals surface area contributed by atoms with E-state index in [1.807, 2.05) is 6.92 Å². The Kier molecular flexibility index (Phi) is 7.64. The Morgan fingerprint density at radius 1 is 1.22 bits per heavy atom. The van der Waals surface area contributed by atoms with Gasteiger partial charge in [-0.1, -0.05) is 13.3 Å². The molecule has 2 amide bonds. The molecular formula is C10H20N4O4. The summed E-state index contributed by atoms with van der Waals surface area (Å²) in [6, 6.07) is -1.62. The van der Waals surface area contributed by atoms with Gasteiger partial charge in [0.1, 0.15) is 6.04 Å². The zero-order valence-electron chi connectivity index (χ0n) is 10.3. The first-order valence-corrected chi connectivity index (χ1v) is 5.70. The highest BCUT2D eigenvalue weighted by Crippen LogP contribution is 2.00. The maximum atomic E-state index is 11.7. The monoisotopic (exact) mass is 260 g/mol. The van der Waals surface area contributed by atoms with E-state index >= 15 is 0 Å². The van der Waals surface area contributed by atoms with Crippen molar-refractivity contribution < 1.29 is 19.5 Å². The molecule has 7 N–H and O–H groups in total. The van der Waals surface area contributed by atoms with Crippen molar-refractivity contribution in [2.45, 2.75) is 44.7 Å². The molecule has 0 aliphatic rings. The molecule has 8 heteroatoms. The average Bonchev–Trinajstić information content (AvgIpc) is 2.30. The van der Waals surface area contributed by atoms with E-state index in [-0.39, 0.29) is 12.8 Å². The highest BCUT2D eigenvalue weighted by atomic mass is 16.4. The fourth-order valence-corrected chi connectivity index (χ4v) is 1.40. The van der Waals surface area contributed by atoms with Crippen LogP contribution in [-0.2, 0) is 14.4 Å². The second-order valence-corrected chi connectivity index (χ2v) is 3.90. The molecule has 0 aromatic heterocycles. The summed E-state index contributed by atoms with van der Waals surface area (Å²) in [4.78, 5) is 33.2.